The van der Waals surface area contributed by atoms with Crippen molar-refractivity contribution in [2.45, 2.75) is 13.0 Å². The second-order valence-corrected chi connectivity index (χ2v) is 8.44. The first-order chi connectivity index (χ1) is 16.2. The summed E-state index contributed by atoms with van der Waals surface area (Å²) in [7, 11) is 0. The highest BCUT2D eigenvalue weighted by Gasteiger charge is 2.23. The third kappa shape index (κ3) is 4.27. The Morgan fingerprint density at radius 1 is 1.15 bits per heavy atom. The molecule has 1 aromatic carbocycles. The number of ether oxygens (including phenoxy) is 2. The topological polar surface area (TPSA) is 108 Å². The maximum Gasteiger partial charge on any atom is 0.165 e. The first-order valence-corrected chi connectivity index (χ1v) is 11.6. The van der Waals surface area contributed by atoms with Crippen LogP contribution >= 0.6 is 15.9 Å². The van der Waals surface area contributed by atoms with Crippen molar-refractivity contribution in [1.82, 2.24) is 25.3 Å². The zero-order valence-corrected chi connectivity index (χ0v) is 19.7. The fourth-order valence-corrected chi connectivity index (χ4v) is 4.50. The summed E-state index contributed by atoms with van der Waals surface area (Å²) in [6.07, 6.45) is 3.06. The molecule has 9 heteroatoms. The van der Waals surface area contributed by atoms with Gasteiger partial charge in [0, 0.05) is 34.9 Å². The number of fused-ring (bicyclic) bond motifs is 1. The van der Waals surface area contributed by atoms with E-state index in [1.165, 1.54) is 6.33 Å². The van der Waals surface area contributed by atoms with Gasteiger partial charge in [0.25, 0.3) is 0 Å². The molecule has 1 aliphatic rings. The standard InChI is InChI=1S/C24H23BrN6O2/c1-2-32-14-5-6-18(25)16(10-14)17-11-19(31-24-21(17)23(26)29-13-30-24)15-4-3-7-28-22(15)20-12-27-8-9-33-20/h3-7,10-11,13,20,27H,2,8-9,12H2,1H3,(H2,26,29,30,31). The van der Waals surface area contributed by atoms with Crippen LogP contribution in [0.4, 0.5) is 5.82 Å². The number of anilines is 1. The quantitative estimate of drug-likeness (QED) is 0.415. The van der Waals surface area contributed by atoms with E-state index < -0.39 is 0 Å². The average Bonchev–Trinajstić information content (AvgIpc) is 2.85. The van der Waals surface area contributed by atoms with Crippen LogP contribution in [0.15, 0.2) is 53.4 Å². The van der Waals surface area contributed by atoms with E-state index in [4.69, 9.17) is 20.2 Å². The summed E-state index contributed by atoms with van der Waals surface area (Å²) in [5.41, 5.74) is 11.1. The Bertz CT molecular complexity index is 1310. The number of rotatable bonds is 5. The molecule has 4 heterocycles. The Balaban J connectivity index is 1.74. The van der Waals surface area contributed by atoms with Crippen LogP contribution in [0.1, 0.15) is 18.7 Å². The van der Waals surface area contributed by atoms with Crippen molar-refractivity contribution in [3.05, 3.63) is 59.1 Å². The summed E-state index contributed by atoms with van der Waals surface area (Å²) in [5, 5.41) is 4.06. The van der Waals surface area contributed by atoms with Crippen LogP contribution in [0.5, 0.6) is 5.75 Å². The minimum atomic E-state index is -0.153. The molecule has 168 valence electrons. The van der Waals surface area contributed by atoms with E-state index in [0.717, 1.165) is 44.8 Å². The molecular formula is C24H23BrN6O2. The van der Waals surface area contributed by atoms with E-state index in [1.54, 1.807) is 6.20 Å². The number of hydrogen-bond donors (Lipinski definition) is 2. The van der Waals surface area contributed by atoms with Crippen LogP contribution < -0.4 is 15.8 Å². The Hall–Kier alpha value is -3.14. The predicted octanol–water partition coefficient (Wildman–Crippen LogP) is 4.16. The molecule has 1 unspecified atom stereocenters. The molecule has 1 aliphatic heterocycles. The van der Waals surface area contributed by atoms with Crippen molar-refractivity contribution in [1.29, 1.82) is 0 Å². The lowest BCUT2D eigenvalue weighted by Crippen LogP contribution is -2.34. The van der Waals surface area contributed by atoms with Gasteiger partial charge in [-0.3, -0.25) is 4.98 Å². The molecule has 0 radical (unpaired) electrons. The van der Waals surface area contributed by atoms with Gasteiger partial charge in [0.15, 0.2) is 5.65 Å². The van der Waals surface area contributed by atoms with Gasteiger partial charge in [-0.2, -0.15) is 0 Å². The van der Waals surface area contributed by atoms with Crippen molar-refractivity contribution < 1.29 is 9.47 Å². The molecule has 5 rings (SSSR count). The second kappa shape index (κ2) is 9.38. The van der Waals surface area contributed by atoms with E-state index in [9.17, 15) is 0 Å². The molecule has 3 aromatic heterocycles. The number of halogens is 1. The van der Waals surface area contributed by atoms with Crippen LogP contribution in [0.2, 0.25) is 0 Å². The first kappa shape index (κ1) is 21.7. The minimum Gasteiger partial charge on any atom is -0.494 e. The summed E-state index contributed by atoms with van der Waals surface area (Å²) in [6, 6.07) is 11.8. The van der Waals surface area contributed by atoms with E-state index in [1.807, 2.05) is 43.3 Å². The smallest absolute Gasteiger partial charge is 0.165 e. The van der Waals surface area contributed by atoms with Gasteiger partial charge in [-0.05, 0) is 48.9 Å². The number of nitrogen functional groups attached to an aromatic ring is 1. The van der Waals surface area contributed by atoms with Gasteiger partial charge < -0.3 is 20.5 Å². The number of hydrogen-bond acceptors (Lipinski definition) is 8. The summed E-state index contributed by atoms with van der Waals surface area (Å²) in [6.45, 7) is 4.69. The summed E-state index contributed by atoms with van der Waals surface area (Å²) >= 11 is 3.69. The molecule has 3 N–H and O–H groups in total. The molecule has 8 nitrogen and oxygen atoms in total. The molecule has 0 amide bonds. The lowest BCUT2D eigenvalue weighted by atomic mass is 9.98. The molecule has 0 saturated carbocycles. The minimum absolute atomic E-state index is 0.153. The van der Waals surface area contributed by atoms with Gasteiger partial charge in [0.2, 0.25) is 0 Å². The van der Waals surface area contributed by atoms with Crippen molar-refractivity contribution in [3.63, 3.8) is 0 Å². The van der Waals surface area contributed by atoms with Crippen LogP contribution in [0.25, 0.3) is 33.4 Å². The number of aromatic nitrogens is 4. The zero-order chi connectivity index (χ0) is 22.8. The largest absolute Gasteiger partial charge is 0.494 e. The normalized spacial score (nSPS) is 16.1. The van der Waals surface area contributed by atoms with E-state index >= 15 is 0 Å². The summed E-state index contributed by atoms with van der Waals surface area (Å²) < 4.78 is 12.6. The van der Waals surface area contributed by atoms with Crippen molar-refractivity contribution in [2.75, 3.05) is 32.0 Å². The maximum absolute atomic E-state index is 6.30. The number of morpholine rings is 1. The third-order valence-corrected chi connectivity index (χ3v) is 6.21. The van der Waals surface area contributed by atoms with Crippen LogP contribution in [0, 0.1) is 0 Å². The van der Waals surface area contributed by atoms with Crippen molar-refractivity contribution >= 4 is 32.8 Å². The van der Waals surface area contributed by atoms with Crippen LogP contribution in [-0.4, -0.2) is 46.2 Å². The van der Waals surface area contributed by atoms with Crippen molar-refractivity contribution in [3.8, 4) is 28.1 Å². The van der Waals surface area contributed by atoms with E-state index in [-0.39, 0.29) is 6.10 Å². The highest BCUT2D eigenvalue weighted by molar-refractivity contribution is 9.10. The Kier molecular flexibility index (Phi) is 6.17. The van der Waals surface area contributed by atoms with Gasteiger partial charge in [-0.1, -0.05) is 15.9 Å². The van der Waals surface area contributed by atoms with Crippen molar-refractivity contribution in [2.24, 2.45) is 0 Å². The molecule has 1 saturated heterocycles. The van der Waals surface area contributed by atoms with E-state index in [0.29, 0.717) is 36.6 Å². The summed E-state index contributed by atoms with van der Waals surface area (Å²) in [5.74, 6) is 1.13. The predicted molar refractivity (Wildman–Crippen MR) is 131 cm³/mol. The summed E-state index contributed by atoms with van der Waals surface area (Å²) in [4.78, 5) is 18.1. The number of benzene rings is 1. The van der Waals surface area contributed by atoms with Crippen LogP contribution in [-0.2, 0) is 4.74 Å². The Labute approximate surface area is 199 Å². The number of nitrogens with one attached hydrogen (secondary N) is 1. The van der Waals surface area contributed by atoms with Gasteiger partial charge in [-0.15, -0.1) is 0 Å². The fraction of sp³-hybridized carbons (Fsp3) is 0.250. The Morgan fingerprint density at radius 3 is 2.88 bits per heavy atom. The highest BCUT2D eigenvalue weighted by Crippen LogP contribution is 2.40. The Morgan fingerprint density at radius 2 is 2.06 bits per heavy atom. The molecule has 4 aromatic rings. The van der Waals surface area contributed by atoms with Crippen LogP contribution in [0.3, 0.4) is 0 Å². The molecule has 1 fully saturated rings. The monoisotopic (exact) mass is 506 g/mol. The SMILES string of the molecule is CCOc1ccc(Br)c(-c2cc(-c3cccnc3C3CNCCO3)nc3ncnc(N)c23)c1. The number of nitrogens with two attached hydrogens (primary N) is 1. The van der Waals surface area contributed by atoms with Gasteiger partial charge >= 0.3 is 0 Å². The average molecular weight is 507 g/mol. The van der Waals surface area contributed by atoms with E-state index in [2.05, 4.69) is 36.2 Å². The highest BCUT2D eigenvalue weighted by atomic mass is 79.9. The lowest BCUT2D eigenvalue weighted by molar-refractivity contribution is 0.0254. The molecule has 0 bridgehead atoms. The maximum atomic E-state index is 6.30. The van der Waals surface area contributed by atoms with Gasteiger partial charge in [0.05, 0.1) is 30.0 Å². The first-order valence-electron chi connectivity index (χ1n) is 10.8. The molecule has 1 atom stereocenters. The van der Waals surface area contributed by atoms with Gasteiger partial charge in [-0.25, -0.2) is 15.0 Å². The molecular weight excluding hydrogens is 484 g/mol. The molecule has 0 spiro atoms. The second-order valence-electron chi connectivity index (χ2n) is 7.59. The molecule has 0 aliphatic carbocycles. The number of pyridine rings is 2. The lowest BCUT2D eigenvalue weighted by Gasteiger charge is -2.25. The molecule has 33 heavy (non-hydrogen) atoms. The van der Waals surface area contributed by atoms with Gasteiger partial charge in [0.1, 0.15) is 24.0 Å². The fourth-order valence-electron chi connectivity index (χ4n) is 4.04. The zero-order valence-electron chi connectivity index (χ0n) is 18.1. The third-order valence-electron chi connectivity index (χ3n) is 5.52. The number of nitrogens with zero attached hydrogens (tertiary/aromatic N) is 4.